The number of aromatic nitrogens is 2. The second-order valence-electron chi connectivity index (χ2n) is 8.24. The summed E-state index contributed by atoms with van der Waals surface area (Å²) in [6.45, 7) is 5.69. The van der Waals surface area contributed by atoms with Crippen molar-refractivity contribution < 1.29 is 13.2 Å². The fourth-order valence-electron chi connectivity index (χ4n) is 3.88. The fourth-order valence-corrected chi connectivity index (χ4v) is 5.77. The van der Waals surface area contributed by atoms with Gasteiger partial charge in [0.25, 0.3) is 0 Å². The van der Waals surface area contributed by atoms with Gasteiger partial charge in [-0.2, -0.15) is 0 Å². The minimum absolute atomic E-state index is 0.00601. The molecule has 0 atom stereocenters. The van der Waals surface area contributed by atoms with E-state index in [0.717, 1.165) is 49.2 Å². The van der Waals surface area contributed by atoms with Crippen molar-refractivity contribution in [3.05, 3.63) is 58.7 Å². The summed E-state index contributed by atoms with van der Waals surface area (Å²) in [6.07, 6.45) is 4.72. The summed E-state index contributed by atoms with van der Waals surface area (Å²) in [5.41, 5.74) is 3.47. The predicted molar refractivity (Wildman–Crippen MR) is 126 cm³/mol. The molecule has 1 aliphatic heterocycles. The first-order chi connectivity index (χ1) is 15.3. The molecule has 0 saturated carbocycles. The van der Waals surface area contributed by atoms with Crippen LogP contribution in [-0.2, 0) is 27.9 Å². The van der Waals surface area contributed by atoms with Gasteiger partial charge in [0.1, 0.15) is 16.4 Å². The summed E-state index contributed by atoms with van der Waals surface area (Å²) < 4.78 is 30.5. The molecule has 4 rings (SSSR count). The second-order valence-corrected chi connectivity index (χ2v) is 10.9. The van der Waals surface area contributed by atoms with Crippen molar-refractivity contribution in [2.75, 3.05) is 13.1 Å². The number of thiazole rings is 1. The molecule has 0 unspecified atom stereocenters. The van der Waals surface area contributed by atoms with Gasteiger partial charge in [-0.15, -0.1) is 11.3 Å². The van der Waals surface area contributed by atoms with Crippen molar-refractivity contribution >= 4 is 27.3 Å². The molecule has 0 aliphatic carbocycles. The molecule has 170 valence electrons. The van der Waals surface area contributed by atoms with Gasteiger partial charge in [-0.3, -0.25) is 4.79 Å². The highest BCUT2D eigenvalue weighted by molar-refractivity contribution is 7.89. The number of benzene rings is 1. The van der Waals surface area contributed by atoms with Gasteiger partial charge >= 0.3 is 0 Å². The van der Waals surface area contributed by atoms with Gasteiger partial charge in [-0.25, -0.2) is 18.1 Å². The molecule has 2 aromatic heterocycles. The van der Waals surface area contributed by atoms with Gasteiger partial charge in [0, 0.05) is 36.9 Å². The predicted octanol–water partition coefficient (Wildman–Crippen LogP) is 3.72. The van der Waals surface area contributed by atoms with Gasteiger partial charge in [0.15, 0.2) is 0 Å². The van der Waals surface area contributed by atoms with E-state index in [0.29, 0.717) is 10.7 Å². The highest BCUT2D eigenvalue weighted by atomic mass is 32.2. The first-order valence-electron chi connectivity index (χ1n) is 10.8. The molecular weight excluding hydrogens is 444 g/mol. The molecule has 3 heterocycles. The first kappa shape index (κ1) is 22.7. The van der Waals surface area contributed by atoms with E-state index in [9.17, 15) is 13.2 Å². The number of rotatable bonds is 7. The summed E-state index contributed by atoms with van der Waals surface area (Å²) in [7, 11) is -3.75. The number of carbonyl (C=O) groups is 1. The number of hydrogen-bond donors (Lipinski definition) is 1. The third kappa shape index (κ3) is 5.28. The van der Waals surface area contributed by atoms with Crippen LogP contribution in [0.25, 0.3) is 10.7 Å². The first-order valence-corrected chi connectivity index (χ1v) is 13.1. The monoisotopic (exact) mass is 472 g/mol. The van der Waals surface area contributed by atoms with E-state index in [1.165, 1.54) is 11.3 Å². The molecule has 0 bridgehead atoms. The highest BCUT2D eigenvalue weighted by Crippen LogP contribution is 2.28. The van der Waals surface area contributed by atoms with Gasteiger partial charge < -0.3 is 9.47 Å². The molecule has 9 heteroatoms. The average Bonchev–Trinajstić information content (AvgIpc) is 3.39. The van der Waals surface area contributed by atoms with Crippen LogP contribution < -0.4 is 4.72 Å². The van der Waals surface area contributed by atoms with Crippen molar-refractivity contribution in [1.29, 1.82) is 0 Å². The average molecular weight is 473 g/mol. The zero-order chi connectivity index (χ0) is 22.7. The minimum atomic E-state index is -3.75. The van der Waals surface area contributed by atoms with Crippen LogP contribution in [0.4, 0.5) is 0 Å². The van der Waals surface area contributed by atoms with Gasteiger partial charge in [0.2, 0.25) is 15.9 Å². The standard InChI is InChI=1S/C23H28N4O3S2/c1-17-7-6-8-19(11-17)13-24-32(29,30)20-12-21(23-25-18(2)16-31-23)27(14-20)15-22(28)26-9-4-3-5-10-26/h6-8,11-12,14,16,24H,3-5,9-10,13,15H2,1-2H3. The summed E-state index contributed by atoms with van der Waals surface area (Å²) in [5.74, 6) is 0.00601. The van der Waals surface area contributed by atoms with E-state index in [1.54, 1.807) is 16.8 Å². The minimum Gasteiger partial charge on any atom is -0.341 e. The normalized spacial score (nSPS) is 14.6. The second kappa shape index (κ2) is 9.56. The summed E-state index contributed by atoms with van der Waals surface area (Å²) in [6, 6.07) is 9.33. The lowest BCUT2D eigenvalue weighted by atomic mass is 10.1. The SMILES string of the molecule is Cc1cccc(CNS(=O)(=O)c2cc(-c3nc(C)cs3)n(CC(=O)N3CCCCC3)c2)c1. The molecule has 1 aliphatic rings. The summed E-state index contributed by atoms with van der Waals surface area (Å²) in [4.78, 5) is 19.4. The van der Waals surface area contributed by atoms with Crippen molar-refractivity contribution in [1.82, 2.24) is 19.2 Å². The molecule has 1 amide bonds. The number of carbonyl (C=O) groups excluding carboxylic acids is 1. The molecule has 1 fully saturated rings. The van der Waals surface area contributed by atoms with E-state index in [1.807, 2.05) is 48.4 Å². The zero-order valence-electron chi connectivity index (χ0n) is 18.4. The van der Waals surface area contributed by atoms with Crippen LogP contribution in [0, 0.1) is 13.8 Å². The molecule has 3 aromatic rings. The molecule has 32 heavy (non-hydrogen) atoms. The van der Waals surface area contributed by atoms with Crippen molar-refractivity contribution in [2.45, 2.75) is 51.1 Å². The van der Waals surface area contributed by atoms with E-state index in [4.69, 9.17) is 0 Å². The Morgan fingerprint density at radius 3 is 2.62 bits per heavy atom. The Morgan fingerprint density at radius 1 is 1.16 bits per heavy atom. The maximum absolute atomic E-state index is 13.0. The Morgan fingerprint density at radius 2 is 1.94 bits per heavy atom. The lowest BCUT2D eigenvalue weighted by Gasteiger charge is -2.27. The maximum atomic E-state index is 13.0. The molecule has 0 radical (unpaired) electrons. The fraction of sp³-hybridized carbons (Fsp3) is 0.391. The van der Waals surface area contributed by atoms with Crippen LogP contribution in [0.2, 0.25) is 0 Å². The van der Waals surface area contributed by atoms with Crippen LogP contribution in [0.3, 0.4) is 0 Å². The largest absolute Gasteiger partial charge is 0.341 e. The molecule has 7 nitrogen and oxygen atoms in total. The Bertz CT molecular complexity index is 1210. The number of likely N-dealkylation sites (tertiary alicyclic amines) is 1. The van der Waals surface area contributed by atoms with Crippen molar-refractivity contribution in [3.8, 4) is 10.7 Å². The Kier molecular flexibility index (Phi) is 6.78. The summed E-state index contributed by atoms with van der Waals surface area (Å²) >= 11 is 1.44. The number of aryl methyl sites for hydroxylation is 2. The molecule has 1 N–H and O–H groups in total. The number of hydrogen-bond acceptors (Lipinski definition) is 5. The highest BCUT2D eigenvalue weighted by Gasteiger charge is 2.23. The van der Waals surface area contributed by atoms with Gasteiger partial charge in [-0.05, 0) is 44.7 Å². The van der Waals surface area contributed by atoms with Crippen LogP contribution in [0.1, 0.15) is 36.1 Å². The zero-order valence-corrected chi connectivity index (χ0v) is 20.0. The van der Waals surface area contributed by atoms with Crippen LogP contribution in [0.5, 0.6) is 0 Å². The van der Waals surface area contributed by atoms with Crippen molar-refractivity contribution in [3.63, 3.8) is 0 Å². The Balaban J connectivity index is 1.59. The van der Waals surface area contributed by atoms with Crippen molar-refractivity contribution in [2.24, 2.45) is 0 Å². The van der Waals surface area contributed by atoms with Crippen LogP contribution >= 0.6 is 11.3 Å². The summed E-state index contributed by atoms with van der Waals surface area (Å²) in [5, 5.41) is 2.62. The lowest BCUT2D eigenvalue weighted by molar-refractivity contribution is -0.132. The van der Waals surface area contributed by atoms with Gasteiger partial charge in [-0.1, -0.05) is 29.8 Å². The van der Waals surface area contributed by atoms with E-state index in [-0.39, 0.29) is 23.9 Å². The number of nitrogens with zero attached hydrogens (tertiary/aromatic N) is 3. The molecule has 1 saturated heterocycles. The Hall–Kier alpha value is -2.49. The third-order valence-corrected chi connectivity index (χ3v) is 7.93. The number of nitrogens with one attached hydrogen (secondary N) is 1. The molecule has 1 aromatic carbocycles. The third-order valence-electron chi connectivity index (χ3n) is 5.58. The maximum Gasteiger partial charge on any atom is 0.242 e. The topological polar surface area (TPSA) is 84.3 Å². The van der Waals surface area contributed by atoms with E-state index in [2.05, 4.69) is 9.71 Å². The molecule has 0 spiro atoms. The quantitative estimate of drug-likeness (QED) is 0.568. The van der Waals surface area contributed by atoms with Crippen LogP contribution in [-0.4, -0.2) is 41.9 Å². The number of amides is 1. The van der Waals surface area contributed by atoms with E-state index >= 15 is 0 Å². The number of sulfonamides is 1. The van der Waals surface area contributed by atoms with Gasteiger partial charge in [0.05, 0.1) is 5.69 Å². The number of piperidine rings is 1. The lowest BCUT2D eigenvalue weighted by Crippen LogP contribution is -2.37. The molecular formula is C23H28N4O3S2. The van der Waals surface area contributed by atoms with Crippen LogP contribution in [0.15, 0.2) is 46.8 Å². The van der Waals surface area contributed by atoms with E-state index < -0.39 is 10.0 Å². The Labute approximate surface area is 193 Å². The smallest absolute Gasteiger partial charge is 0.242 e.